The van der Waals surface area contributed by atoms with E-state index in [9.17, 15) is 14.4 Å². The van der Waals surface area contributed by atoms with Crippen molar-refractivity contribution in [2.75, 3.05) is 39.3 Å². The number of amides is 3. The number of hydrogen-bond donors (Lipinski definition) is 0. The van der Waals surface area contributed by atoms with Gasteiger partial charge in [-0.3, -0.25) is 14.4 Å². The van der Waals surface area contributed by atoms with Crippen molar-refractivity contribution in [2.24, 2.45) is 5.92 Å². The summed E-state index contributed by atoms with van der Waals surface area (Å²) in [5.74, 6) is 0.286. The van der Waals surface area contributed by atoms with Crippen molar-refractivity contribution in [1.29, 1.82) is 0 Å². The fourth-order valence-electron chi connectivity index (χ4n) is 3.89. The van der Waals surface area contributed by atoms with Crippen molar-refractivity contribution < 1.29 is 14.4 Å². The molecule has 2 saturated heterocycles. The number of likely N-dealkylation sites (tertiary alicyclic amines) is 1. The third-order valence-corrected chi connectivity index (χ3v) is 5.92. The molecule has 0 aromatic heterocycles. The van der Waals surface area contributed by atoms with E-state index >= 15 is 0 Å². The lowest BCUT2D eigenvalue weighted by atomic mass is 9.94. The summed E-state index contributed by atoms with van der Waals surface area (Å²) in [5.41, 5.74) is 3.03. The van der Waals surface area contributed by atoms with Gasteiger partial charge < -0.3 is 14.7 Å². The molecule has 2 aliphatic rings. The highest BCUT2D eigenvalue weighted by Gasteiger charge is 2.32. The Kier molecular flexibility index (Phi) is 5.82. The lowest BCUT2D eigenvalue weighted by molar-refractivity contribution is -0.142. The Bertz CT molecular complexity index is 730. The van der Waals surface area contributed by atoms with Crippen LogP contribution in [-0.2, 0) is 9.59 Å². The minimum Gasteiger partial charge on any atom is -0.339 e. The number of benzene rings is 1. The smallest absolute Gasteiger partial charge is 0.253 e. The van der Waals surface area contributed by atoms with Crippen molar-refractivity contribution in [2.45, 2.75) is 33.6 Å². The van der Waals surface area contributed by atoms with Crippen LogP contribution >= 0.6 is 0 Å². The molecule has 27 heavy (non-hydrogen) atoms. The summed E-state index contributed by atoms with van der Waals surface area (Å²) in [6.07, 6.45) is 1.42. The van der Waals surface area contributed by atoms with Crippen LogP contribution in [0.2, 0.25) is 0 Å². The monoisotopic (exact) mass is 371 g/mol. The Morgan fingerprint density at radius 1 is 0.815 bits per heavy atom. The highest BCUT2D eigenvalue weighted by atomic mass is 16.2. The SMILES string of the molecule is CC(=O)N1CCN(C(=O)C2CCN(C(=O)c3ccc(C)c(C)c3)CC2)CC1. The summed E-state index contributed by atoms with van der Waals surface area (Å²) >= 11 is 0. The minimum atomic E-state index is -0.0160. The molecular weight excluding hydrogens is 342 g/mol. The van der Waals surface area contributed by atoms with Crippen LogP contribution in [-0.4, -0.2) is 71.7 Å². The first-order valence-electron chi connectivity index (χ1n) is 9.77. The second kappa shape index (κ2) is 8.11. The number of carbonyl (C=O) groups is 3. The molecule has 0 unspecified atom stereocenters. The quantitative estimate of drug-likeness (QED) is 0.797. The Morgan fingerprint density at radius 2 is 1.41 bits per heavy atom. The molecule has 1 aromatic rings. The molecule has 0 radical (unpaired) electrons. The molecule has 3 rings (SSSR count). The number of rotatable bonds is 2. The van der Waals surface area contributed by atoms with Crippen LogP contribution < -0.4 is 0 Å². The van der Waals surface area contributed by atoms with Crippen molar-refractivity contribution >= 4 is 17.7 Å². The zero-order chi connectivity index (χ0) is 19.6. The van der Waals surface area contributed by atoms with Gasteiger partial charge in [0.25, 0.3) is 5.91 Å². The molecule has 0 bridgehead atoms. The van der Waals surface area contributed by atoms with Gasteiger partial charge in [0, 0.05) is 57.7 Å². The summed E-state index contributed by atoms with van der Waals surface area (Å²) in [6.45, 7) is 9.32. The zero-order valence-corrected chi connectivity index (χ0v) is 16.5. The number of aryl methyl sites for hydroxylation is 2. The van der Waals surface area contributed by atoms with Crippen LogP contribution in [0.1, 0.15) is 41.3 Å². The van der Waals surface area contributed by atoms with Gasteiger partial charge in [0.15, 0.2) is 0 Å². The average molecular weight is 371 g/mol. The molecule has 146 valence electrons. The molecule has 0 atom stereocenters. The number of piperidine rings is 1. The fourth-order valence-corrected chi connectivity index (χ4v) is 3.89. The predicted molar refractivity (Wildman–Crippen MR) is 103 cm³/mol. The summed E-state index contributed by atoms with van der Waals surface area (Å²) in [4.78, 5) is 42.5. The van der Waals surface area contributed by atoms with Crippen molar-refractivity contribution in [3.63, 3.8) is 0 Å². The number of hydrogen-bond acceptors (Lipinski definition) is 3. The van der Waals surface area contributed by atoms with Crippen LogP contribution in [0.15, 0.2) is 18.2 Å². The Morgan fingerprint density at radius 3 is 1.96 bits per heavy atom. The van der Waals surface area contributed by atoms with Crippen molar-refractivity contribution in [3.05, 3.63) is 34.9 Å². The third kappa shape index (κ3) is 4.31. The first-order valence-corrected chi connectivity index (χ1v) is 9.77. The van der Waals surface area contributed by atoms with E-state index < -0.39 is 0 Å². The topological polar surface area (TPSA) is 60.9 Å². The molecule has 2 aliphatic heterocycles. The molecule has 6 nitrogen and oxygen atoms in total. The van der Waals surface area contributed by atoms with Gasteiger partial charge in [-0.1, -0.05) is 6.07 Å². The summed E-state index contributed by atoms with van der Waals surface area (Å²) in [6, 6.07) is 5.82. The van der Waals surface area contributed by atoms with Gasteiger partial charge in [-0.25, -0.2) is 0 Å². The number of carbonyl (C=O) groups excluding carboxylic acids is 3. The predicted octanol–water partition coefficient (Wildman–Crippen LogP) is 1.85. The van der Waals surface area contributed by atoms with Crippen LogP contribution in [0.3, 0.4) is 0 Å². The van der Waals surface area contributed by atoms with Crippen LogP contribution in [0.5, 0.6) is 0 Å². The summed E-state index contributed by atoms with van der Waals surface area (Å²) in [5, 5.41) is 0. The number of nitrogens with zero attached hydrogens (tertiary/aromatic N) is 3. The maximum atomic E-state index is 12.8. The largest absolute Gasteiger partial charge is 0.339 e. The Hall–Kier alpha value is -2.37. The van der Waals surface area contributed by atoms with Gasteiger partial charge in [0.05, 0.1) is 0 Å². The highest BCUT2D eigenvalue weighted by Crippen LogP contribution is 2.22. The van der Waals surface area contributed by atoms with Gasteiger partial charge >= 0.3 is 0 Å². The summed E-state index contributed by atoms with van der Waals surface area (Å²) in [7, 11) is 0. The molecule has 0 aliphatic carbocycles. The first kappa shape index (κ1) is 19.4. The lowest BCUT2D eigenvalue weighted by Crippen LogP contribution is -2.52. The molecule has 0 saturated carbocycles. The van der Waals surface area contributed by atoms with Gasteiger partial charge in [-0.2, -0.15) is 0 Å². The van der Waals surface area contributed by atoms with Gasteiger partial charge in [-0.15, -0.1) is 0 Å². The van der Waals surface area contributed by atoms with E-state index in [-0.39, 0.29) is 23.6 Å². The third-order valence-electron chi connectivity index (χ3n) is 5.92. The van der Waals surface area contributed by atoms with Crippen LogP contribution in [0, 0.1) is 19.8 Å². The molecule has 0 N–H and O–H groups in total. The Balaban J connectivity index is 1.52. The van der Waals surface area contributed by atoms with Crippen LogP contribution in [0.4, 0.5) is 0 Å². The van der Waals surface area contributed by atoms with Crippen molar-refractivity contribution in [1.82, 2.24) is 14.7 Å². The zero-order valence-electron chi connectivity index (χ0n) is 16.5. The summed E-state index contributed by atoms with van der Waals surface area (Å²) < 4.78 is 0. The second-order valence-electron chi connectivity index (χ2n) is 7.70. The molecule has 0 spiro atoms. The van der Waals surface area contributed by atoms with Gasteiger partial charge in [-0.05, 0) is 49.9 Å². The molecule has 6 heteroatoms. The van der Waals surface area contributed by atoms with E-state index in [2.05, 4.69) is 0 Å². The second-order valence-corrected chi connectivity index (χ2v) is 7.70. The van der Waals surface area contributed by atoms with E-state index in [4.69, 9.17) is 0 Å². The van der Waals surface area contributed by atoms with E-state index in [1.165, 1.54) is 5.56 Å². The molecule has 1 aromatic carbocycles. The van der Waals surface area contributed by atoms with Gasteiger partial charge in [0.2, 0.25) is 11.8 Å². The maximum absolute atomic E-state index is 12.8. The normalized spacial score (nSPS) is 18.6. The molecule has 3 amide bonds. The Labute approximate surface area is 161 Å². The molecular formula is C21H29N3O3. The number of piperazine rings is 1. The highest BCUT2D eigenvalue weighted by molar-refractivity contribution is 5.94. The van der Waals surface area contributed by atoms with Crippen molar-refractivity contribution in [3.8, 4) is 0 Å². The fraction of sp³-hybridized carbons (Fsp3) is 0.571. The lowest BCUT2D eigenvalue weighted by Gasteiger charge is -2.38. The van der Waals surface area contributed by atoms with Gasteiger partial charge in [0.1, 0.15) is 0 Å². The average Bonchev–Trinajstić information content (AvgIpc) is 2.69. The van der Waals surface area contributed by atoms with E-state index in [0.717, 1.165) is 11.1 Å². The molecule has 2 heterocycles. The van der Waals surface area contributed by atoms with E-state index in [1.54, 1.807) is 11.8 Å². The minimum absolute atomic E-state index is 0.0160. The van der Waals surface area contributed by atoms with Crippen LogP contribution in [0.25, 0.3) is 0 Å². The first-order chi connectivity index (χ1) is 12.9. The van der Waals surface area contributed by atoms with E-state index in [0.29, 0.717) is 52.1 Å². The standard InChI is InChI=1S/C21H29N3O3/c1-15-4-5-19(14-16(15)2)21(27)23-8-6-18(7-9-23)20(26)24-12-10-22(11-13-24)17(3)25/h4-5,14,18H,6-13H2,1-3H3. The van der Waals surface area contributed by atoms with E-state index in [1.807, 2.05) is 41.8 Å². The molecule has 2 fully saturated rings. The maximum Gasteiger partial charge on any atom is 0.253 e.